The van der Waals surface area contributed by atoms with Crippen LogP contribution >= 0.6 is 0 Å². The monoisotopic (exact) mass is 262 g/mol. The Kier molecular flexibility index (Phi) is 3.23. The Morgan fingerprint density at radius 1 is 1.53 bits per heavy atom. The van der Waals surface area contributed by atoms with E-state index in [0.717, 1.165) is 17.0 Å². The number of rotatable bonds is 4. The molecule has 0 aromatic carbocycles. The maximum Gasteiger partial charge on any atom is 0.348 e. The van der Waals surface area contributed by atoms with E-state index in [1.807, 2.05) is 0 Å². The number of hydrogen-bond donors (Lipinski definition) is 0. The summed E-state index contributed by atoms with van der Waals surface area (Å²) < 4.78 is 2.53. The molecule has 0 bridgehead atoms. The smallest absolute Gasteiger partial charge is 0.348 e. The second-order valence-electron chi connectivity index (χ2n) is 3.91. The van der Waals surface area contributed by atoms with Gasteiger partial charge in [-0.1, -0.05) is 0 Å². The Balaban J connectivity index is 2.31. The Morgan fingerprint density at radius 3 is 2.84 bits per heavy atom. The molecule has 0 N–H and O–H groups in total. The molecule has 0 amide bonds. The van der Waals surface area contributed by atoms with Gasteiger partial charge in [0.25, 0.3) is 0 Å². The molecule has 0 atom stereocenters. The molecule has 19 heavy (non-hydrogen) atoms. The summed E-state index contributed by atoms with van der Waals surface area (Å²) in [6.45, 7) is -0.286. The number of carbonyl (C=O) groups excluding carboxylic acids is 1. The molecule has 8 heteroatoms. The van der Waals surface area contributed by atoms with E-state index in [1.165, 1.54) is 0 Å². The predicted molar refractivity (Wildman–Crippen MR) is 64.9 cm³/mol. The Morgan fingerprint density at radius 2 is 2.26 bits per heavy atom. The standard InChI is InChI=1S/C11H10N4O4/c1-13-4-2-3-9(13)10(16)7-14-6-8(15(18)19)5-12-11(14)17/h2-6H,7H2,1H3. The van der Waals surface area contributed by atoms with E-state index in [0.29, 0.717) is 5.69 Å². The van der Waals surface area contributed by atoms with E-state index in [-0.39, 0.29) is 18.0 Å². The number of Topliss-reactive ketones (excluding diaryl/α,β-unsaturated/α-hetero) is 1. The summed E-state index contributed by atoms with van der Waals surface area (Å²) in [6.07, 6.45) is 3.57. The van der Waals surface area contributed by atoms with Gasteiger partial charge in [0.15, 0.2) is 5.78 Å². The zero-order valence-corrected chi connectivity index (χ0v) is 10.0. The van der Waals surface area contributed by atoms with Gasteiger partial charge in [-0.05, 0) is 12.1 Å². The van der Waals surface area contributed by atoms with Gasteiger partial charge < -0.3 is 4.57 Å². The number of ketones is 1. The minimum Gasteiger partial charge on any atom is -0.348 e. The highest BCUT2D eigenvalue weighted by Crippen LogP contribution is 2.06. The van der Waals surface area contributed by atoms with Crippen molar-refractivity contribution in [3.05, 3.63) is 57.0 Å². The van der Waals surface area contributed by atoms with Gasteiger partial charge in [0, 0.05) is 13.2 Å². The maximum atomic E-state index is 12.0. The summed E-state index contributed by atoms with van der Waals surface area (Å²) >= 11 is 0. The van der Waals surface area contributed by atoms with Crippen LogP contribution in [0.15, 0.2) is 35.5 Å². The van der Waals surface area contributed by atoms with Crippen LogP contribution in [0, 0.1) is 10.1 Å². The molecule has 0 aliphatic carbocycles. The van der Waals surface area contributed by atoms with E-state index in [1.54, 1.807) is 29.9 Å². The first-order chi connectivity index (χ1) is 8.99. The van der Waals surface area contributed by atoms with Crippen molar-refractivity contribution in [2.45, 2.75) is 6.54 Å². The van der Waals surface area contributed by atoms with E-state index >= 15 is 0 Å². The maximum absolute atomic E-state index is 12.0. The van der Waals surface area contributed by atoms with Gasteiger partial charge >= 0.3 is 11.4 Å². The Bertz CT molecular complexity index is 701. The topological polar surface area (TPSA) is 100 Å². The normalized spacial score (nSPS) is 10.4. The molecule has 2 rings (SSSR count). The highest BCUT2D eigenvalue weighted by Gasteiger charge is 2.14. The molecule has 98 valence electrons. The molecule has 0 saturated carbocycles. The SMILES string of the molecule is Cn1cccc1C(=O)Cn1cc([N+](=O)[O-])cnc1=O. The second-order valence-corrected chi connectivity index (χ2v) is 3.91. The average molecular weight is 262 g/mol. The van der Waals surface area contributed by atoms with Crippen molar-refractivity contribution in [2.24, 2.45) is 7.05 Å². The van der Waals surface area contributed by atoms with Crippen LogP contribution in [0.2, 0.25) is 0 Å². The van der Waals surface area contributed by atoms with E-state index in [9.17, 15) is 19.7 Å². The van der Waals surface area contributed by atoms with Crippen LogP contribution in [0.1, 0.15) is 10.5 Å². The van der Waals surface area contributed by atoms with E-state index in [2.05, 4.69) is 4.98 Å². The fourth-order valence-electron chi connectivity index (χ4n) is 1.64. The van der Waals surface area contributed by atoms with Crippen molar-refractivity contribution in [2.75, 3.05) is 0 Å². The van der Waals surface area contributed by atoms with Crippen molar-refractivity contribution in [3.8, 4) is 0 Å². The van der Waals surface area contributed by atoms with Crippen LogP contribution in [0.25, 0.3) is 0 Å². The summed E-state index contributed by atoms with van der Waals surface area (Å²) in [5.74, 6) is -0.322. The van der Waals surface area contributed by atoms with Gasteiger partial charge in [-0.3, -0.25) is 19.5 Å². The summed E-state index contributed by atoms with van der Waals surface area (Å²) in [5, 5.41) is 10.6. The summed E-state index contributed by atoms with van der Waals surface area (Å²) in [4.78, 5) is 36.7. The number of nitrogens with zero attached hydrogens (tertiary/aromatic N) is 4. The lowest BCUT2D eigenvalue weighted by Gasteiger charge is -2.04. The zero-order chi connectivity index (χ0) is 14.0. The molecule has 2 aromatic rings. The molecular weight excluding hydrogens is 252 g/mol. The molecule has 0 aliphatic rings. The van der Waals surface area contributed by atoms with E-state index in [4.69, 9.17) is 0 Å². The van der Waals surface area contributed by atoms with Gasteiger partial charge in [-0.15, -0.1) is 0 Å². The first-order valence-corrected chi connectivity index (χ1v) is 5.34. The predicted octanol–water partition coefficient (Wildman–Crippen LogP) is 0.373. The molecule has 8 nitrogen and oxygen atoms in total. The lowest BCUT2D eigenvalue weighted by molar-refractivity contribution is -0.385. The first-order valence-electron chi connectivity index (χ1n) is 5.34. The van der Waals surface area contributed by atoms with Gasteiger partial charge in [-0.2, -0.15) is 4.98 Å². The van der Waals surface area contributed by atoms with Crippen LogP contribution in [-0.4, -0.2) is 24.8 Å². The molecule has 0 spiro atoms. The van der Waals surface area contributed by atoms with Crippen molar-refractivity contribution in [1.82, 2.24) is 14.1 Å². The molecule has 0 unspecified atom stereocenters. The molecule has 0 saturated heterocycles. The lowest BCUT2D eigenvalue weighted by atomic mass is 10.3. The summed E-state index contributed by atoms with van der Waals surface area (Å²) in [7, 11) is 1.70. The van der Waals surface area contributed by atoms with Crippen molar-refractivity contribution >= 4 is 11.5 Å². The van der Waals surface area contributed by atoms with Gasteiger partial charge in [0.2, 0.25) is 0 Å². The third-order valence-corrected chi connectivity index (χ3v) is 2.60. The van der Waals surface area contributed by atoms with Crippen LogP contribution in [0.5, 0.6) is 0 Å². The summed E-state index contributed by atoms with van der Waals surface area (Å²) in [6, 6.07) is 3.31. The molecule has 0 aliphatic heterocycles. The quantitative estimate of drug-likeness (QED) is 0.450. The number of aryl methyl sites for hydroxylation is 1. The second kappa shape index (κ2) is 4.84. The summed E-state index contributed by atoms with van der Waals surface area (Å²) in [5.41, 5.74) is -0.620. The van der Waals surface area contributed by atoms with Gasteiger partial charge in [-0.25, -0.2) is 4.79 Å². The largest absolute Gasteiger partial charge is 0.348 e. The fraction of sp³-hybridized carbons (Fsp3) is 0.182. The number of aromatic nitrogens is 3. The molecule has 0 radical (unpaired) electrons. The van der Waals surface area contributed by atoms with Crippen LogP contribution in [-0.2, 0) is 13.6 Å². The van der Waals surface area contributed by atoms with E-state index < -0.39 is 10.6 Å². The third kappa shape index (κ3) is 2.57. The van der Waals surface area contributed by atoms with Crippen molar-refractivity contribution in [3.63, 3.8) is 0 Å². The highest BCUT2D eigenvalue weighted by molar-refractivity contribution is 5.94. The third-order valence-electron chi connectivity index (χ3n) is 2.60. The number of hydrogen-bond acceptors (Lipinski definition) is 5. The average Bonchev–Trinajstić information content (AvgIpc) is 2.78. The van der Waals surface area contributed by atoms with Gasteiger partial charge in [0.05, 0.1) is 23.4 Å². The minimum absolute atomic E-state index is 0.286. The zero-order valence-electron chi connectivity index (χ0n) is 10.0. The van der Waals surface area contributed by atoms with Gasteiger partial charge in [0.1, 0.15) is 6.20 Å². The Hall–Kier alpha value is -2.77. The van der Waals surface area contributed by atoms with Crippen LogP contribution in [0.3, 0.4) is 0 Å². The Labute approximate surface area is 107 Å². The molecule has 2 aromatic heterocycles. The number of nitro groups is 1. The number of carbonyl (C=O) groups is 1. The molecular formula is C11H10N4O4. The fourth-order valence-corrected chi connectivity index (χ4v) is 1.64. The molecule has 2 heterocycles. The first kappa shape index (κ1) is 12.7. The minimum atomic E-state index is -0.701. The van der Waals surface area contributed by atoms with Crippen molar-refractivity contribution in [1.29, 1.82) is 0 Å². The lowest BCUT2D eigenvalue weighted by Crippen LogP contribution is -2.26. The highest BCUT2D eigenvalue weighted by atomic mass is 16.6. The van der Waals surface area contributed by atoms with Crippen molar-refractivity contribution < 1.29 is 9.72 Å². The molecule has 0 fully saturated rings. The van der Waals surface area contributed by atoms with Crippen LogP contribution < -0.4 is 5.69 Å². The van der Waals surface area contributed by atoms with Crippen LogP contribution in [0.4, 0.5) is 5.69 Å².